The molecule has 2 aromatic carbocycles. The van der Waals surface area contributed by atoms with Crippen molar-refractivity contribution in [2.45, 2.75) is 6.54 Å². The van der Waals surface area contributed by atoms with Crippen molar-refractivity contribution >= 4 is 28.2 Å². The quantitative estimate of drug-likeness (QED) is 0.716. The summed E-state index contributed by atoms with van der Waals surface area (Å²) >= 11 is 5.91. The minimum absolute atomic E-state index is 0.587. The molecule has 0 aliphatic heterocycles. The molecule has 1 aromatic heterocycles. The van der Waals surface area contributed by atoms with E-state index in [4.69, 9.17) is 17.3 Å². The monoisotopic (exact) mass is 257 g/mol. The van der Waals surface area contributed by atoms with Gasteiger partial charge in [0.1, 0.15) is 0 Å². The van der Waals surface area contributed by atoms with Crippen LogP contribution in [0.2, 0.25) is 5.02 Å². The maximum atomic E-state index is 5.91. The SMILES string of the molecule is Nc1cc(Cn2ncc3ccccc32)ccc1Cl. The van der Waals surface area contributed by atoms with E-state index >= 15 is 0 Å². The van der Waals surface area contributed by atoms with E-state index in [9.17, 15) is 0 Å². The van der Waals surface area contributed by atoms with Crippen LogP contribution < -0.4 is 5.73 Å². The number of nitrogen functional groups attached to an aromatic ring is 1. The first-order valence-corrected chi connectivity index (χ1v) is 6.06. The fourth-order valence-electron chi connectivity index (χ4n) is 2.02. The van der Waals surface area contributed by atoms with Crippen molar-refractivity contribution < 1.29 is 0 Å². The van der Waals surface area contributed by atoms with Crippen molar-refractivity contribution in [3.05, 3.63) is 59.2 Å². The number of nitrogens with two attached hydrogens (primary N) is 1. The molecule has 0 radical (unpaired) electrons. The number of nitrogens with zero attached hydrogens (tertiary/aromatic N) is 2. The fraction of sp³-hybridized carbons (Fsp3) is 0.0714. The zero-order chi connectivity index (χ0) is 12.5. The number of halogens is 1. The molecule has 0 saturated carbocycles. The lowest BCUT2D eigenvalue weighted by atomic mass is 10.2. The Morgan fingerprint density at radius 3 is 2.83 bits per heavy atom. The van der Waals surface area contributed by atoms with Gasteiger partial charge >= 0.3 is 0 Å². The third kappa shape index (κ3) is 1.93. The third-order valence-electron chi connectivity index (χ3n) is 2.94. The van der Waals surface area contributed by atoms with Gasteiger partial charge in [0.05, 0.1) is 29.0 Å². The number of hydrogen-bond acceptors (Lipinski definition) is 2. The molecular weight excluding hydrogens is 246 g/mol. The van der Waals surface area contributed by atoms with Crippen LogP contribution in [0.25, 0.3) is 10.9 Å². The van der Waals surface area contributed by atoms with Crippen LogP contribution in [0.4, 0.5) is 5.69 Å². The zero-order valence-electron chi connectivity index (χ0n) is 9.68. The molecule has 0 atom stereocenters. The Morgan fingerprint density at radius 2 is 2.00 bits per heavy atom. The van der Waals surface area contributed by atoms with Gasteiger partial charge in [-0.1, -0.05) is 35.9 Å². The molecule has 0 spiro atoms. The molecule has 0 amide bonds. The van der Waals surface area contributed by atoms with Crippen molar-refractivity contribution in [1.29, 1.82) is 0 Å². The normalized spacial score (nSPS) is 10.9. The van der Waals surface area contributed by atoms with E-state index in [1.807, 2.05) is 41.2 Å². The number of para-hydroxylation sites is 1. The second-order valence-corrected chi connectivity index (χ2v) is 4.62. The van der Waals surface area contributed by atoms with Gasteiger partial charge in [0, 0.05) is 5.39 Å². The molecule has 0 bridgehead atoms. The second kappa shape index (κ2) is 4.35. The Kier molecular flexibility index (Phi) is 2.68. The van der Waals surface area contributed by atoms with Crippen LogP contribution in [0, 0.1) is 0 Å². The summed E-state index contributed by atoms with van der Waals surface area (Å²) in [6.45, 7) is 0.689. The number of rotatable bonds is 2. The first kappa shape index (κ1) is 11.1. The van der Waals surface area contributed by atoms with Crippen LogP contribution in [-0.2, 0) is 6.54 Å². The van der Waals surface area contributed by atoms with E-state index in [1.54, 1.807) is 0 Å². The van der Waals surface area contributed by atoms with E-state index in [0.29, 0.717) is 17.3 Å². The standard InChI is InChI=1S/C14H12ClN3/c15-12-6-5-10(7-13(12)16)9-18-14-4-2-1-3-11(14)8-17-18/h1-8H,9,16H2. The molecule has 0 fully saturated rings. The van der Waals surface area contributed by atoms with Gasteiger partial charge in [-0.3, -0.25) is 4.68 Å². The van der Waals surface area contributed by atoms with Crippen LogP contribution in [0.3, 0.4) is 0 Å². The van der Waals surface area contributed by atoms with Gasteiger partial charge in [0.15, 0.2) is 0 Å². The minimum atomic E-state index is 0.587. The number of aromatic nitrogens is 2. The molecule has 4 heteroatoms. The second-order valence-electron chi connectivity index (χ2n) is 4.22. The summed E-state index contributed by atoms with van der Waals surface area (Å²) in [4.78, 5) is 0. The molecule has 3 nitrogen and oxygen atoms in total. The lowest BCUT2D eigenvalue weighted by Gasteiger charge is -2.06. The van der Waals surface area contributed by atoms with Crippen LogP contribution in [-0.4, -0.2) is 9.78 Å². The average Bonchev–Trinajstić information content (AvgIpc) is 2.78. The van der Waals surface area contributed by atoms with Gasteiger partial charge in [-0.25, -0.2) is 0 Å². The van der Waals surface area contributed by atoms with E-state index in [-0.39, 0.29) is 0 Å². The Labute approximate surface area is 110 Å². The van der Waals surface area contributed by atoms with E-state index in [1.165, 1.54) is 0 Å². The summed E-state index contributed by atoms with van der Waals surface area (Å²) in [5, 5.41) is 6.11. The summed E-state index contributed by atoms with van der Waals surface area (Å²) in [5.41, 5.74) is 8.61. The highest BCUT2D eigenvalue weighted by Crippen LogP contribution is 2.21. The van der Waals surface area contributed by atoms with Crippen molar-refractivity contribution in [3.8, 4) is 0 Å². The van der Waals surface area contributed by atoms with Crippen molar-refractivity contribution in [2.24, 2.45) is 0 Å². The summed E-state index contributed by atoms with van der Waals surface area (Å²) in [6.07, 6.45) is 1.87. The lowest BCUT2D eigenvalue weighted by Crippen LogP contribution is -2.02. The van der Waals surface area contributed by atoms with Gasteiger partial charge in [-0.2, -0.15) is 5.10 Å². The molecule has 3 rings (SSSR count). The van der Waals surface area contributed by atoms with Gasteiger partial charge < -0.3 is 5.73 Å². The Morgan fingerprint density at radius 1 is 1.17 bits per heavy atom. The molecule has 90 valence electrons. The van der Waals surface area contributed by atoms with E-state index in [0.717, 1.165) is 16.5 Å². The molecule has 0 aliphatic rings. The van der Waals surface area contributed by atoms with Gasteiger partial charge in [-0.15, -0.1) is 0 Å². The fourth-order valence-corrected chi connectivity index (χ4v) is 2.13. The number of benzene rings is 2. The zero-order valence-corrected chi connectivity index (χ0v) is 10.4. The molecule has 1 heterocycles. The average molecular weight is 258 g/mol. The molecule has 0 aliphatic carbocycles. The summed E-state index contributed by atoms with van der Waals surface area (Å²) < 4.78 is 1.96. The van der Waals surface area contributed by atoms with E-state index < -0.39 is 0 Å². The summed E-state index contributed by atoms with van der Waals surface area (Å²) in [6, 6.07) is 13.8. The maximum absolute atomic E-state index is 5.91. The number of fused-ring (bicyclic) bond motifs is 1. The molecule has 3 aromatic rings. The van der Waals surface area contributed by atoms with Crippen LogP contribution >= 0.6 is 11.6 Å². The smallest absolute Gasteiger partial charge is 0.0686 e. The molecule has 0 unspecified atom stereocenters. The lowest BCUT2D eigenvalue weighted by molar-refractivity contribution is 0.712. The van der Waals surface area contributed by atoms with Crippen molar-refractivity contribution in [1.82, 2.24) is 9.78 Å². The highest BCUT2D eigenvalue weighted by Gasteiger charge is 2.04. The maximum Gasteiger partial charge on any atom is 0.0686 e. The minimum Gasteiger partial charge on any atom is -0.398 e. The molecular formula is C14H12ClN3. The highest BCUT2D eigenvalue weighted by atomic mass is 35.5. The number of hydrogen-bond donors (Lipinski definition) is 1. The van der Waals surface area contributed by atoms with Crippen molar-refractivity contribution in [3.63, 3.8) is 0 Å². The van der Waals surface area contributed by atoms with Gasteiger partial charge in [0.25, 0.3) is 0 Å². The molecule has 0 saturated heterocycles. The molecule has 18 heavy (non-hydrogen) atoms. The van der Waals surface area contributed by atoms with Gasteiger partial charge in [-0.05, 0) is 23.8 Å². The van der Waals surface area contributed by atoms with Crippen molar-refractivity contribution in [2.75, 3.05) is 5.73 Å². The third-order valence-corrected chi connectivity index (χ3v) is 3.29. The Balaban J connectivity index is 1.98. The van der Waals surface area contributed by atoms with Gasteiger partial charge in [0.2, 0.25) is 0 Å². The Bertz CT molecular complexity index is 703. The highest BCUT2D eigenvalue weighted by molar-refractivity contribution is 6.33. The number of anilines is 1. The molecule has 2 N–H and O–H groups in total. The van der Waals surface area contributed by atoms with E-state index in [2.05, 4.69) is 17.2 Å². The van der Waals surface area contributed by atoms with Crippen LogP contribution in [0.15, 0.2) is 48.7 Å². The van der Waals surface area contributed by atoms with Crippen LogP contribution in [0.5, 0.6) is 0 Å². The Hall–Kier alpha value is -2.00. The predicted molar refractivity (Wildman–Crippen MR) is 74.7 cm³/mol. The summed E-state index contributed by atoms with van der Waals surface area (Å²) in [5.74, 6) is 0. The first-order valence-electron chi connectivity index (χ1n) is 5.68. The summed E-state index contributed by atoms with van der Waals surface area (Å²) in [7, 11) is 0. The first-order chi connectivity index (χ1) is 8.74. The predicted octanol–water partition coefficient (Wildman–Crippen LogP) is 3.32. The topological polar surface area (TPSA) is 43.8 Å². The van der Waals surface area contributed by atoms with Crippen LogP contribution in [0.1, 0.15) is 5.56 Å². The largest absolute Gasteiger partial charge is 0.398 e.